The van der Waals surface area contributed by atoms with E-state index in [1.165, 1.54) is 0 Å². The molecule has 2 rings (SSSR count). The van der Waals surface area contributed by atoms with Gasteiger partial charge in [0.2, 0.25) is 6.04 Å². The maximum Gasteiger partial charge on any atom is 0.228 e. The van der Waals surface area contributed by atoms with Crippen molar-refractivity contribution in [1.29, 1.82) is 0 Å². The van der Waals surface area contributed by atoms with Gasteiger partial charge in [-0.15, -0.1) is 10.1 Å². The highest BCUT2D eigenvalue weighted by Gasteiger charge is 2.26. The van der Waals surface area contributed by atoms with Crippen LogP contribution in [0.4, 0.5) is 0 Å². The van der Waals surface area contributed by atoms with Crippen LogP contribution in [0.1, 0.15) is 11.6 Å². The number of hydrazine groups is 1. The lowest BCUT2D eigenvalue weighted by atomic mass is 10.1. The zero-order chi connectivity index (χ0) is 10.1. The number of rotatable bonds is 1. The molecule has 1 aliphatic rings. The molecule has 3 nitrogen and oxygen atoms in total. The molecule has 0 amide bonds. The summed E-state index contributed by atoms with van der Waals surface area (Å²) in [6.07, 6.45) is 1.91. The topological polar surface area (TPSA) is 41.1 Å². The van der Waals surface area contributed by atoms with Crippen molar-refractivity contribution in [3.63, 3.8) is 0 Å². The Balaban J connectivity index is 2.32. The van der Waals surface area contributed by atoms with Crippen LogP contribution in [0.3, 0.4) is 0 Å². The Bertz CT molecular complexity index is 394. The van der Waals surface area contributed by atoms with Crippen molar-refractivity contribution >= 4 is 18.3 Å². The second-order valence-electron chi connectivity index (χ2n) is 3.20. The number of hydrogen-bond acceptors (Lipinski definition) is 2. The minimum atomic E-state index is 0.0762. The fourth-order valence-electron chi connectivity index (χ4n) is 1.47. The summed E-state index contributed by atoms with van der Waals surface area (Å²) < 4.78 is 1.71. The molecule has 72 valence electrons. The summed E-state index contributed by atoms with van der Waals surface area (Å²) >= 11 is 5.80. The molecule has 1 unspecified atom stereocenters. The van der Waals surface area contributed by atoms with Crippen LogP contribution < -0.4 is 11.2 Å². The monoisotopic (exact) mass is 208 g/mol. The van der Waals surface area contributed by atoms with Crippen LogP contribution in [0, 0.1) is 0 Å². The van der Waals surface area contributed by atoms with Gasteiger partial charge in [0.05, 0.1) is 0 Å². The van der Waals surface area contributed by atoms with Gasteiger partial charge in [-0.25, -0.2) is 0 Å². The van der Waals surface area contributed by atoms with E-state index in [0.29, 0.717) is 5.82 Å². The predicted molar refractivity (Wildman–Crippen MR) is 57.0 cm³/mol. The van der Waals surface area contributed by atoms with Crippen LogP contribution in [0.5, 0.6) is 0 Å². The van der Waals surface area contributed by atoms with Crippen LogP contribution in [0.15, 0.2) is 36.2 Å². The quantitative estimate of drug-likeness (QED) is 0.686. The SMILES string of the molecule is C=[N+]1NC(N)=CC1c1ccc(Cl)cc1. The highest BCUT2D eigenvalue weighted by molar-refractivity contribution is 6.30. The number of hydrazone groups is 1. The summed E-state index contributed by atoms with van der Waals surface area (Å²) in [5, 5.41) is 0.729. The predicted octanol–water partition coefficient (Wildman–Crippen LogP) is 1.41. The van der Waals surface area contributed by atoms with Gasteiger partial charge in [0.15, 0.2) is 12.5 Å². The third kappa shape index (κ3) is 1.59. The average Bonchev–Trinajstić information content (AvgIpc) is 2.47. The summed E-state index contributed by atoms with van der Waals surface area (Å²) in [7, 11) is 0. The smallest absolute Gasteiger partial charge is 0.228 e. The molecule has 14 heavy (non-hydrogen) atoms. The van der Waals surface area contributed by atoms with Crippen LogP contribution in [0.25, 0.3) is 0 Å². The Morgan fingerprint density at radius 2 is 2.00 bits per heavy atom. The molecule has 0 spiro atoms. The summed E-state index contributed by atoms with van der Waals surface area (Å²) in [5.74, 6) is 0.625. The summed E-state index contributed by atoms with van der Waals surface area (Å²) in [6, 6.07) is 7.71. The van der Waals surface area contributed by atoms with Crippen LogP contribution in [0.2, 0.25) is 5.02 Å². The number of nitrogens with zero attached hydrogens (tertiary/aromatic N) is 1. The molecule has 0 aliphatic carbocycles. The van der Waals surface area contributed by atoms with E-state index in [1.807, 2.05) is 30.3 Å². The number of benzene rings is 1. The normalized spacial score (nSPS) is 20.5. The maximum atomic E-state index is 5.80. The van der Waals surface area contributed by atoms with Gasteiger partial charge in [0.1, 0.15) is 0 Å². The Labute approximate surface area is 87.5 Å². The average molecular weight is 209 g/mol. The molecule has 0 bridgehead atoms. The van der Waals surface area contributed by atoms with Crippen molar-refractivity contribution in [1.82, 2.24) is 5.43 Å². The van der Waals surface area contributed by atoms with Crippen LogP contribution in [-0.4, -0.2) is 11.4 Å². The Hall–Kier alpha value is -1.48. The lowest BCUT2D eigenvalue weighted by molar-refractivity contribution is -0.592. The second-order valence-corrected chi connectivity index (χ2v) is 3.64. The van der Waals surface area contributed by atoms with E-state index in [2.05, 4.69) is 12.1 Å². The lowest BCUT2D eigenvalue weighted by Crippen LogP contribution is -2.25. The van der Waals surface area contributed by atoms with Gasteiger partial charge in [-0.2, -0.15) is 0 Å². The van der Waals surface area contributed by atoms with Crippen molar-refractivity contribution < 1.29 is 4.68 Å². The minimum absolute atomic E-state index is 0.0762. The fourth-order valence-corrected chi connectivity index (χ4v) is 1.59. The van der Waals surface area contributed by atoms with Crippen molar-refractivity contribution in [3.05, 3.63) is 46.7 Å². The molecular formula is C10H11ClN3+. The van der Waals surface area contributed by atoms with Gasteiger partial charge in [0.25, 0.3) is 0 Å². The maximum absolute atomic E-state index is 5.80. The molecule has 0 aromatic heterocycles. The number of nitrogens with two attached hydrogens (primary N) is 1. The van der Waals surface area contributed by atoms with E-state index >= 15 is 0 Å². The highest BCUT2D eigenvalue weighted by atomic mass is 35.5. The van der Waals surface area contributed by atoms with E-state index in [0.717, 1.165) is 10.6 Å². The molecule has 0 saturated heterocycles. The van der Waals surface area contributed by atoms with Crippen molar-refractivity contribution in [2.75, 3.05) is 0 Å². The van der Waals surface area contributed by atoms with Crippen LogP contribution >= 0.6 is 11.6 Å². The number of nitrogens with one attached hydrogen (secondary N) is 1. The van der Waals surface area contributed by atoms with Gasteiger partial charge < -0.3 is 5.73 Å². The molecule has 3 N–H and O–H groups in total. The summed E-state index contributed by atoms with van der Waals surface area (Å²) in [4.78, 5) is 0. The highest BCUT2D eigenvalue weighted by Crippen LogP contribution is 2.22. The third-order valence-corrected chi connectivity index (χ3v) is 2.41. The van der Waals surface area contributed by atoms with Gasteiger partial charge in [-0.3, -0.25) is 0 Å². The van der Waals surface area contributed by atoms with Gasteiger partial charge in [-0.1, -0.05) is 23.7 Å². The molecule has 1 aromatic rings. The number of halogens is 1. The van der Waals surface area contributed by atoms with Crippen molar-refractivity contribution in [2.45, 2.75) is 6.04 Å². The summed E-state index contributed by atoms with van der Waals surface area (Å²) in [6.45, 7) is 3.83. The second kappa shape index (κ2) is 3.35. The molecule has 4 heteroatoms. The van der Waals surface area contributed by atoms with Crippen molar-refractivity contribution in [3.8, 4) is 0 Å². The molecule has 0 saturated carbocycles. The first-order chi connectivity index (χ1) is 6.66. The van der Waals surface area contributed by atoms with E-state index in [-0.39, 0.29) is 6.04 Å². The van der Waals surface area contributed by atoms with E-state index in [1.54, 1.807) is 4.68 Å². The van der Waals surface area contributed by atoms with E-state index < -0.39 is 0 Å². The zero-order valence-corrected chi connectivity index (χ0v) is 8.33. The molecule has 1 aromatic carbocycles. The molecule has 0 fully saturated rings. The molecule has 1 atom stereocenters. The fraction of sp³-hybridized carbons (Fsp3) is 0.100. The van der Waals surface area contributed by atoms with Crippen LogP contribution in [-0.2, 0) is 0 Å². The first kappa shape index (κ1) is 9.09. The first-order valence-electron chi connectivity index (χ1n) is 4.26. The first-order valence-corrected chi connectivity index (χ1v) is 4.64. The molecule has 1 heterocycles. The molecular weight excluding hydrogens is 198 g/mol. The summed E-state index contributed by atoms with van der Waals surface area (Å²) in [5.41, 5.74) is 9.64. The standard InChI is InChI=1S/C10H11ClN3/c1-14-9(6-10(12)13-14)7-2-4-8(11)5-3-7/h2-6,9,13H,1,12H2/q+1. The van der Waals surface area contributed by atoms with Gasteiger partial charge in [0, 0.05) is 16.7 Å². The Morgan fingerprint density at radius 1 is 1.36 bits per heavy atom. The van der Waals surface area contributed by atoms with E-state index in [9.17, 15) is 0 Å². The van der Waals surface area contributed by atoms with E-state index in [4.69, 9.17) is 17.3 Å². The minimum Gasteiger partial charge on any atom is -0.381 e. The van der Waals surface area contributed by atoms with Gasteiger partial charge >= 0.3 is 0 Å². The lowest BCUT2D eigenvalue weighted by Gasteiger charge is -2.03. The Kier molecular flexibility index (Phi) is 2.17. The molecule has 1 aliphatic heterocycles. The number of hydrogen-bond donors (Lipinski definition) is 2. The Morgan fingerprint density at radius 3 is 2.50 bits per heavy atom. The van der Waals surface area contributed by atoms with Crippen molar-refractivity contribution in [2.24, 2.45) is 5.73 Å². The largest absolute Gasteiger partial charge is 0.381 e. The third-order valence-electron chi connectivity index (χ3n) is 2.16. The zero-order valence-electron chi connectivity index (χ0n) is 7.57. The molecule has 0 radical (unpaired) electrons. The van der Waals surface area contributed by atoms with Gasteiger partial charge in [-0.05, 0) is 12.1 Å².